The zero-order valence-electron chi connectivity index (χ0n) is 12.6. The molecule has 18 heavy (non-hydrogen) atoms. The Morgan fingerprint density at radius 1 is 1.33 bits per heavy atom. The third kappa shape index (κ3) is 3.25. The molecule has 1 N–H and O–H groups in total. The van der Waals surface area contributed by atoms with Gasteiger partial charge in [-0.25, -0.2) is 0 Å². The van der Waals surface area contributed by atoms with E-state index in [4.69, 9.17) is 0 Å². The van der Waals surface area contributed by atoms with Crippen molar-refractivity contribution < 1.29 is 9.90 Å². The maximum Gasteiger partial charge on any atom is 0.308 e. The number of rotatable bonds is 5. The van der Waals surface area contributed by atoms with Crippen molar-refractivity contribution in [1.82, 2.24) is 4.90 Å². The molecule has 1 rings (SSSR count). The lowest BCUT2D eigenvalue weighted by atomic mass is 9.75. The van der Waals surface area contributed by atoms with Crippen molar-refractivity contribution in [2.24, 2.45) is 11.8 Å². The normalized spacial score (nSPS) is 29.6. The van der Waals surface area contributed by atoms with Gasteiger partial charge < -0.3 is 5.11 Å². The second-order valence-corrected chi connectivity index (χ2v) is 6.38. The van der Waals surface area contributed by atoms with Crippen LogP contribution in [0.2, 0.25) is 0 Å². The SMILES string of the molecule is CCC1CCC(C(=O)O)C(N(C)C(C)(C)CC)C1. The number of hydrogen-bond donors (Lipinski definition) is 1. The van der Waals surface area contributed by atoms with E-state index in [-0.39, 0.29) is 17.5 Å². The summed E-state index contributed by atoms with van der Waals surface area (Å²) in [7, 11) is 2.10. The Balaban J connectivity index is 2.87. The van der Waals surface area contributed by atoms with Gasteiger partial charge in [0.1, 0.15) is 0 Å². The summed E-state index contributed by atoms with van der Waals surface area (Å²) < 4.78 is 0. The number of hydrogen-bond acceptors (Lipinski definition) is 2. The standard InChI is InChI=1S/C15H29NO2/c1-6-11-8-9-12(14(17)18)13(10-11)16(5)15(3,4)7-2/h11-13H,6-10H2,1-5H3,(H,17,18). The Hall–Kier alpha value is -0.570. The summed E-state index contributed by atoms with van der Waals surface area (Å²) in [6.07, 6.45) is 5.16. The van der Waals surface area contributed by atoms with Gasteiger partial charge in [0.15, 0.2) is 0 Å². The van der Waals surface area contributed by atoms with Gasteiger partial charge in [-0.05, 0) is 52.5 Å². The summed E-state index contributed by atoms with van der Waals surface area (Å²) in [4.78, 5) is 13.8. The fourth-order valence-corrected chi connectivity index (χ4v) is 3.02. The molecule has 0 radical (unpaired) electrons. The lowest BCUT2D eigenvalue weighted by molar-refractivity contribution is -0.147. The van der Waals surface area contributed by atoms with Crippen LogP contribution in [-0.4, -0.2) is 34.6 Å². The number of carbonyl (C=O) groups is 1. The highest BCUT2D eigenvalue weighted by Gasteiger charge is 2.40. The van der Waals surface area contributed by atoms with Crippen molar-refractivity contribution in [2.45, 2.75) is 71.4 Å². The zero-order valence-corrected chi connectivity index (χ0v) is 12.6. The summed E-state index contributed by atoms with van der Waals surface area (Å²) in [5.41, 5.74) is 0.0774. The Kier molecular flexibility index (Phi) is 5.20. The van der Waals surface area contributed by atoms with E-state index in [2.05, 4.69) is 39.6 Å². The molecule has 0 saturated heterocycles. The molecular weight excluding hydrogens is 226 g/mol. The topological polar surface area (TPSA) is 40.5 Å². The number of carboxylic acid groups (broad SMARTS) is 1. The van der Waals surface area contributed by atoms with Crippen LogP contribution in [0.5, 0.6) is 0 Å². The largest absolute Gasteiger partial charge is 0.481 e. The first kappa shape index (κ1) is 15.5. The smallest absolute Gasteiger partial charge is 0.308 e. The first-order valence-electron chi connectivity index (χ1n) is 7.29. The van der Waals surface area contributed by atoms with Crippen LogP contribution >= 0.6 is 0 Å². The molecule has 0 heterocycles. The highest BCUT2D eigenvalue weighted by molar-refractivity contribution is 5.71. The summed E-state index contributed by atoms with van der Waals surface area (Å²) in [6.45, 7) is 8.81. The molecule has 0 spiro atoms. The first-order chi connectivity index (χ1) is 8.33. The molecule has 1 saturated carbocycles. The van der Waals surface area contributed by atoms with E-state index in [1.165, 1.54) is 6.42 Å². The number of aliphatic carboxylic acids is 1. The fourth-order valence-electron chi connectivity index (χ4n) is 3.02. The van der Waals surface area contributed by atoms with Crippen molar-refractivity contribution >= 4 is 5.97 Å². The van der Waals surface area contributed by atoms with Gasteiger partial charge in [-0.15, -0.1) is 0 Å². The zero-order chi connectivity index (χ0) is 13.9. The molecule has 3 atom stereocenters. The van der Waals surface area contributed by atoms with Gasteiger partial charge in [-0.3, -0.25) is 9.69 Å². The van der Waals surface area contributed by atoms with E-state index in [1.807, 2.05) is 0 Å². The van der Waals surface area contributed by atoms with Crippen molar-refractivity contribution in [3.8, 4) is 0 Å². The van der Waals surface area contributed by atoms with E-state index >= 15 is 0 Å². The van der Waals surface area contributed by atoms with Crippen LogP contribution in [0, 0.1) is 11.8 Å². The molecular formula is C15H29NO2. The number of carboxylic acids is 1. The fraction of sp³-hybridized carbons (Fsp3) is 0.933. The lowest BCUT2D eigenvalue weighted by Crippen LogP contribution is -2.53. The Morgan fingerprint density at radius 2 is 1.94 bits per heavy atom. The van der Waals surface area contributed by atoms with Crippen molar-refractivity contribution in [3.63, 3.8) is 0 Å². The van der Waals surface area contributed by atoms with E-state index in [0.29, 0.717) is 5.92 Å². The molecule has 0 bridgehead atoms. The number of nitrogens with zero attached hydrogens (tertiary/aromatic N) is 1. The summed E-state index contributed by atoms with van der Waals surface area (Å²) in [5, 5.41) is 9.43. The molecule has 0 aliphatic heterocycles. The molecule has 3 heteroatoms. The quantitative estimate of drug-likeness (QED) is 0.818. The molecule has 1 aliphatic rings. The van der Waals surface area contributed by atoms with Crippen LogP contribution in [0.25, 0.3) is 0 Å². The average molecular weight is 255 g/mol. The van der Waals surface area contributed by atoms with Crippen LogP contribution < -0.4 is 0 Å². The molecule has 0 aromatic carbocycles. The molecule has 1 aliphatic carbocycles. The minimum atomic E-state index is -0.617. The van der Waals surface area contributed by atoms with Crippen molar-refractivity contribution in [3.05, 3.63) is 0 Å². The van der Waals surface area contributed by atoms with Crippen molar-refractivity contribution in [1.29, 1.82) is 0 Å². The highest BCUT2D eigenvalue weighted by Crippen LogP contribution is 2.36. The van der Waals surface area contributed by atoms with E-state index in [0.717, 1.165) is 25.7 Å². The molecule has 3 nitrogen and oxygen atoms in total. The summed E-state index contributed by atoms with van der Waals surface area (Å²) in [5.74, 6) is -0.113. The third-order valence-electron chi connectivity index (χ3n) is 5.14. The summed E-state index contributed by atoms with van der Waals surface area (Å²) in [6, 6.07) is 0.191. The Bertz CT molecular complexity index is 288. The second kappa shape index (κ2) is 6.05. The van der Waals surface area contributed by atoms with Gasteiger partial charge >= 0.3 is 5.97 Å². The third-order valence-corrected chi connectivity index (χ3v) is 5.14. The average Bonchev–Trinajstić information content (AvgIpc) is 2.36. The van der Waals surface area contributed by atoms with Gasteiger partial charge in [0.25, 0.3) is 0 Å². The minimum absolute atomic E-state index is 0.0774. The Labute approximate surface area is 112 Å². The lowest BCUT2D eigenvalue weighted by Gasteiger charge is -2.46. The van der Waals surface area contributed by atoms with Crippen LogP contribution in [0.15, 0.2) is 0 Å². The molecule has 1 fully saturated rings. The van der Waals surface area contributed by atoms with Crippen LogP contribution in [0.3, 0.4) is 0 Å². The second-order valence-electron chi connectivity index (χ2n) is 6.38. The molecule has 0 aromatic heterocycles. The van der Waals surface area contributed by atoms with Gasteiger partial charge in [-0.2, -0.15) is 0 Å². The first-order valence-corrected chi connectivity index (χ1v) is 7.29. The van der Waals surface area contributed by atoms with Gasteiger partial charge in [-0.1, -0.05) is 20.3 Å². The van der Waals surface area contributed by atoms with Crippen molar-refractivity contribution in [2.75, 3.05) is 7.05 Å². The van der Waals surface area contributed by atoms with Gasteiger partial charge in [0, 0.05) is 11.6 Å². The van der Waals surface area contributed by atoms with Crippen LogP contribution in [0.4, 0.5) is 0 Å². The Morgan fingerprint density at radius 3 is 2.39 bits per heavy atom. The van der Waals surface area contributed by atoms with E-state index < -0.39 is 5.97 Å². The molecule has 0 aromatic rings. The highest BCUT2D eigenvalue weighted by atomic mass is 16.4. The maximum absolute atomic E-state index is 11.5. The summed E-state index contributed by atoms with van der Waals surface area (Å²) >= 11 is 0. The minimum Gasteiger partial charge on any atom is -0.481 e. The van der Waals surface area contributed by atoms with Crippen LogP contribution in [0.1, 0.15) is 59.8 Å². The molecule has 0 amide bonds. The maximum atomic E-state index is 11.5. The predicted octanol–water partition coefficient (Wildman–Crippen LogP) is 3.39. The predicted molar refractivity (Wildman–Crippen MR) is 74.7 cm³/mol. The van der Waals surface area contributed by atoms with Crippen LogP contribution in [-0.2, 0) is 4.79 Å². The molecule has 106 valence electrons. The van der Waals surface area contributed by atoms with Gasteiger partial charge in [0.2, 0.25) is 0 Å². The van der Waals surface area contributed by atoms with Gasteiger partial charge in [0.05, 0.1) is 5.92 Å². The van der Waals surface area contributed by atoms with E-state index in [1.54, 1.807) is 0 Å². The van der Waals surface area contributed by atoms with E-state index in [9.17, 15) is 9.90 Å². The monoisotopic (exact) mass is 255 g/mol. The molecule has 3 unspecified atom stereocenters.